The van der Waals surface area contributed by atoms with Crippen LogP contribution < -0.4 is 5.73 Å². The summed E-state index contributed by atoms with van der Waals surface area (Å²) in [5.41, 5.74) is 3.68. The standard InChI is InChI=1S/C23H18F6N6O/c1-34-19-15-6-14(17(23(27,28)29)7-18(15)33-20(30)16(19)9-32-34)21(36)35(13-4-5-13)10-12-3-2-11(8-31-12)22(24,25)26/h2-3,6-9,13H,4-5,10H2,1H3,(H2,30,33). The summed E-state index contributed by atoms with van der Waals surface area (Å²) >= 11 is 0. The fourth-order valence-corrected chi connectivity index (χ4v) is 4.18. The summed E-state index contributed by atoms with van der Waals surface area (Å²) in [6, 6.07) is 3.51. The van der Waals surface area contributed by atoms with Crippen LogP contribution in [0.2, 0.25) is 0 Å². The summed E-state index contributed by atoms with van der Waals surface area (Å²) in [5, 5.41) is 4.79. The number of carbonyl (C=O) groups is 1. The molecule has 188 valence electrons. The molecule has 0 saturated heterocycles. The van der Waals surface area contributed by atoms with E-state index in [2.05, 4.69) is 15.1 Å². The first-order chi connectivity index (χ1) is 16.8. The fraction of sp³-hybridized carbons (Fsp3) is 0.304. The molecule has 0 atom stereocenters. The maximum atomic E-state index is 14.1. The van der Waals surface area contributed by atoms with Crippen molar-refractivity contribution in [3.63, 3.8) is 0 Å². The molecule has 1 saturated carbocycles. The van der Waals surface area contributed by atoms with Crippen LogP contribution in [0.5, 0.6) is 0 Å². The molecule has 1 aliphatic carbocycles. The van der Waals surface area contributed by atoms with E-state index in [1.807, 2.05) is 0 Å². The summed E-state index contributed by atoms with van der Waals surface area (Å²) in [7, 11) is 1.59. The lowest BCUT2D eigenvalue weighted by atomic mass is 10.0. The number of amides is 1. The predicted molar refractivity (Wildman–Crippen MR) is 118 cm³/mol. The highest BCUT2D eigenvalue weighted by Crippen LogP contribution is 2.39. The first-order valence-corrected chi connectivity index (χ1v) is 10.8. The Bertz CT molecular complexity index is 1490. The summed E-state index contributed by atoms with van der Waals surface area (Å²) in [6.07, 6.45) is -6.27. The van der Waals surface area contributed by atoms with Gasteiger partial charge in [0.1, 0.15) is 5.82 Å². The lowest BCUT2D eigenvalue weighted by Gasteiger charge is -2.24. The number of anilines is 1. The van der Waals surface area contributed by atoms with E-state index >= 15 is 0 Å². The number of alkyl halides is 6. The number of hydrogen-bond donors (Lipinski definition) is 1. The van der Waals surface area contributed by atoms with E-state index in [1.165, 1.54) is 15.8 Å². The number of hydrogen-bond acceptors (Lipinski definition) is 5. The van der Waals surface area contributed by atoms with Gasteiger partial charge in [-0.25, -0.2) is 4.98 Å². The number of rotatable bonds is 4. The number of nitrogens with zero attached hydrogens (tertiary/aromatic N) is 5. The third-order valence-electron chi connectivity index (χ3n) is 6.12. The molecule has 0 unspecified atom stereocenters. The highest BCUT2D eigenvalue weighted by molar-refractivity contribution is 6.10. The third-order valence-corrected chi connectivity index (χ3v) is 6.12. The van der Waals surface area contributed by atoms with Crippen LogP contribution in [0.4, 0.5) is 32.2 Å². The molecular formula is C23H18F6N6O. The Morgan fingerprint density at radius 3 is 2.39 bits per heavy atom. The largest absolute Gasteiger partial charge is 0.417 e. The lowest BCUT2D eigenvalue weighted by Crippen LogP contribution is -2.34. The van der Waals surface area contributed by atoms with Crippen molar-refractivity contribution in [1.82, 2.24) is 24.6 Å². The van der Waals surface area contributed by atoms with Gasteiger partial charge in [0.05, 0.1) is 51.5 Å². The van der Waals surface area contributed by atoms with Gasteiger partial charge in [0.25, 0.3) is 5.91 Å². The maximum Gasteiger partial charge on any atom is 0.417 e. The summed E-state index contributed by atoms with van der Waals surface area (Å²) in [5.74, 6) is -0.897. The molecule has 0 aliphatic heterocycles. The molecule has 7 nitrogen and oxygen atoms in total. The normalized spacial score (nSPS) is 14.5. The highest BCUT2D eigenvalue weighted by atomic mass is 19.4. The molecule has 5 rings (SSSR count). The van der Waals surface area contributed by atoms with Gasteiger partial charge in [-0.05, 0) is 37.1 Å². The van der Waals surface area contributed by atoms with Gasteiger partial charge >= 0.3 is 12.4 Å². The van der Waals surface area contributed by atoms with Crippen LogP contribution in [0.1, 0.15) is 40.0 Å². The Balaban J connectivity index is 1.61. The number of nitrogen functional groups attached to an aromatic ring is 1. The molecule has 4 aromatic rings. The second-order valence-electron chi connectivity index (χ2n) is 8.64. The highest BCUT2D eigenvalue weighted by Gasteiger charge is 2.40. The van der Waals surface area contributed by atoms with Gasteiger partial charge in [0, 0.05) is 24.7 Å². The zero-order valence-corrected chi connectivity index (χ0v) is 18.7. The van der Waals surface area contributed by atoms with Crippen molar-refractivity contribution in [2.45, 2.75) is 37.8 Å². The molecule has 0 spiro atoms. The van der Waals surface area contributed by atoms with E-state index in [4.69, 9.17) is 5.73 Å². The van der Waals surface area contributed by atoms with Crippen LogP contribution in [0, 0.1) is 0 Å². The minimum Gasteiger partial charge on any atom is -0.383 e. The van der Waals surface area contributed by atoms with Gasteiger partial charge in [0.15, 0.2) is 0 Å². The average Bonchev–Trinajstić information content (AvgIpc) is 3.57. The number of aryl methyl sites for hydroxylation is 1. The Morgan fingerprint density at radius 2 is 1.81 bits per heavy atom. The van der Waals surface area contributed by atoms with Crippen molar-refractivity contribution in [2.75, 3.05) is 5.73 Å². The number of benzene rings is 1. The quantitative estimate of drug-likeness (QED) is 0.395. The third kappa shape index (κ3) is 4.18. The summed E-state index contributed by atoms with van der Waals surface area (Å²) in [4.78, 5) is 22.6. The van der Waals surface area contributed by atoms with Crippen molar-refractivity contribution in [3.05, 3.63) is 59.0 Å². The van der Waals surface area contributed by atoms with E-state index in [0.717, 1.165) is 24.3 Å². The maximum absolute atomic E-state index is 14.1. The van der Waals surface area contributed by atoms with Crippen LogP contribution >= 0.6 is 0 Å². The first-order valence-electron chi connectivity index (χ1n) is 10.8. The topological polar surface area (TPSA) is 89.9 Å². The smallest absolute Gasteiger partial charge is 0.383 e. The molecule has 36 heavy (non-hydrogen) atoms. The van der Waals surface area contributed by atoms with Crippen LogP contribution in [0.25, 0.3) is 21.8 Å². The Morgan fingerprint density at radius 1 is 1.08 bits per heavy atom. The molecule has 2 N–H and O–H groups in total. The number of aromatic nitrogens is 4. The van der Waals surface area contributed by atoms with Crippen molar-refractivity contribution in [2.24, 2.45) is 7.05 Å². The second kappa shape index (κ2) is 8.07. The number of carbonyl (C=O) groups excluding carboxylic acids is 1. The van der Waals surface area contributed by atoms with Gasteiger partial charge in [-0.1, -0.05) is 0 Å². The van der Waals surface area contributed by atoms with Crippen molar-refractivity contribution in [3.8, 4) is 0 Å². The van der Waals surface area contributed by atoms with Crippen molar-refractivity contribution >= 4 is 33.5 Å². The SMILES string of the molecule is Cn1ncc2c(N)nc3cc(C(F)(F)F)c(C(=O)N(Cc4ccc(C(F)(F)F)cn4)C4CC4)cc3c21. The zero-order valence-electron chi connectivity index (χ0n) is 18.7. The van der Waals surface area contributed by atoms with Crippen LogP contribution in [0.3, 0.4) is 0 Å². The van der Waals surface area contributed by atoms with E-state index in [0.29, 0.717) is 29.9 Å². The molecular weight excluding hydrogens is 490 g/mol. The first kappa shape index (κ1) is 23.8. The molecule has 0 radical (unpaired) electrons. The number of nitrogens with two attached hydrogens (primary N) is 1. The molecule has 1 aromatic carbocycles. The second-order valence-corrected chi connectivity index (χ2v) is 8.64. The molecule has 0 bridgehead atoms. The number of pyridine rings is 2. The summed E-state index contributed by atoms with van der Waals surface area (Å²) in [6.45, 7) is -0.238. The van der Waals surface area contributed by atoms with Gasteiger partial charge in [-0.3, -0.25) is 14.5 Å². The molecule has 1 fully saturated rings. The lowest BCUT2D eigenvalue weighted by molar-refractivity contribution is -0.138. The van der Waals surface area contributed by atoms with Gasteiger partial charge in [-0.2, -0.15) is 31.4 Å². The monoisotopic (exact) mass is 508 g/mol. The Hall–Kier alpha value is -3.90. The van der Waals surface area contributed by atoms with Crippen molar-refractivity contribution in [1.29, 1.82) is 0 Å². The Labute approximate surface area is 199 Å². The summed E-state index contributed by atoms with van der Waals surface area (Å²) < 4.78 is 82.2. The van der Waals surface area contributed by atoms with Crippen molar-refractivity contribution < 1.29 is 31.1 Å². The van der Waals surface area contributed by atoms with E-state index in [1.54, 1.807) is 7.05 Å². The van der Waals surface area contributed by atoms with E-state index < -0.39 is 35.0 Å². The Kier molecular flexibility index (Phi) is 5.34. The number of halogens is 6. The molecule has 13 heteroatoms. The molecule has 3 heterocycles. The van der Waals surface area contributed by atoms with Crippen LogP contribution in [-0.4, -0.2) is 36.6 Å². The van der Waals surface area contributed by atoms with E-state index in [9.17, 15) is 31.1 Å². The number of fused-ring (bicyclic) bond motifs is 3. The molecule has 1 amide bonds. The fourth-order valence-electron chi connectivity index (χ4n) is 4.18. The van der Waals surface area contributed by atoms with Gasteiger partial charge in [0.2, 0.25) is 0 Å². The minimum absolute atomic E-state index is 0.00536. The average molecular weight is 508 g/mol. The zero-order chi connectivity index (χ0) is 26.0. The van der Waals surface area contributed by atoms with Crippen LogP contribution in [0.15, 0.2) is 36.7 Å². The molecule has 3 aromatic heterocycles. The molecule has 1 aliphatic rings. The van der Waals surface area contributed by atoms with Gasteiger partial charge < -0.3 is 10.6 Å². The van der Waals surface area contributed by atoms with Gasteiger partial charge in [-0.15, -0.1) is 0 Å². The predicted octanol–water partition coefficient (Wildman–Crippen LogP) is 4.94. The van der Waals surface area contributed by atoms with Crippen LogP contribution in [-0.2, 0) is 25.9 Å². The van der Waals surface area contributed by atoms with E-state index in [-0.39, 0.29) is 35.0 Å². The minimum atomic E-state index is -4.88.